The monoisotopic (exact) mass is 579 g/mol. The number of hydrogen-bond acceptors (Lipinski definition) is 7. The van der Waals surface area contributed by atoms with Gasteiger partial charge < -0.3 is 14.5 Å². The summed E-state index contributed by atoms with van der Waals surface area (Å²) in [5.74, 6) is 0.860. The van der Waals surface area contributed by atoms with Crippen molar-refractivity contribution in [3.8, 4) is 5.75 Å². The SMILES string of the molecule is COc1cccc([C@@H]2C(C(=O)Nc3ccccc3)=C(C)N=c3s/c(=C/c4ccc(Sc5ccccc5)o4)c(=O)n32)c1. The number of nitrogens with one attached hydrogen (secondary N) is 1. The molecule has 0 spiro atoms. The Morgan fingerprint density at radius 1 is 1.02 bits per heavy atom. The van der Waals surface area contributed by atoms with Gasteiger partial charge in [-0.05, 0) is 61.0 Å². The van der Waals surface area contributed by atoms with Gasteiger partial charge in [0.15, 0.2) is 9.89 Å². The van der Waals surface area contributed by atoms with Crippen molar-refractivity contribution in [3.63, 3.8) is 0 Å². The summed E-state index contributed by atoms with van der Waals surface area (Å²) in [6, 6.07) is 29.6. The van der Waals surface area contributed by atoms with E-state index < -0.39 is 6.04 Å². The lowest BCUT2D eigenvalue weighted by Gasteiger charge is -2.25. The van der Waals surface area contributed by atoms with Gasteiger partial charge in [-0.15, -0.1) is 0 Å². The molecule has 1 aliphatic rings. The second kappa shape index (κ2) is 11.5. The molecular formula is C32H25N3O4S2. The number of benzene rings is 3. The van der Waals surface area contributed by atoms with Crippen molar-refractivity contribution >= 4 is 40.8 Å². The third-order valence-electron chi connectivity index (χ3n) is 6.54. The number of allylic oxidation sites excluding steroid dienone is 1. The minimum atomic E-state index is -0.701. The topological polar surface area (TPSA) is 85.8 Å². The molecule has 204 valence electrons. The van der Waals surface area contributed by atoms with Gasteiger partial charge in [0.25, 0.3) is 11.5 Å². The van der Waals surface area contributed by atoms with Gasteiger partial charge in [-0.1, -0.05) is 71.6 Å². The standard InChI is InChI=1S/C32H25N3O4S2/c1-20-28(30(36)34-22-11-5-3-6-12-22)29(21-10-9-13-23(18-21)38-2)35-31(37)26(41-32(35)33-20)19-24-16-17-27(39-24)40-25-14-7-4-8-15-25/h3-19,29H,1-2H3,(H,34,36)/b26-19+/t29-/m1/s1. The Kier molecular flexibility index (Phi) is 7.45. The molecule has 1 atom stereocenters. The molecule has 0 aliphatic carbocycles. The van der Waals surface area contributed by atoms with Crippen molar-refractivity contribution in [2.24, 2.45) is 4.99 Å². The molecule has 9 heteroatoms. The first-order chi connectivity index (χ1) is 20.0. The molecule has 1 aliphatic heterocycles. The van der Waals surface area contributed by atoms with Gasteiger partial charge in [-0.25, -0.2) is 4.99 Å². The highest BCUT2D eigenvalue weighted by atomic mass is 32.2. The first-order valence-corrected chi connectivity index (χ1v) is 14.5. The fourth-order valence-electron chi connectivity index (χ4n) is 4.66. The van der Waals surface area contributed by atoms with E-state index in [4.69, 9.17) is 14.1 Å². The second-order valence-electron chi connectivity index (χ2n) is 9.25. The third kappa shape index (κ3) is 5.54. The molecule has 0 radical (unpaired) electrons. The number of aromatic nitrogens is 1. The number of fused-ring (bicyclic) bond motifs is 1. The van der Waals surface area contributed by atoms with Gasteiger partial charge in [-0.2, -0.15) is 0 Å². The zero-order valence-corrected chi connectivity index (χ0v) is 23.9. The lowest BCUT2D eigenvalue weighted by Crippen LogP contribution is -2.40. The van der Waals surface area contributed by atoms with E-state index in [-0.39, 0.29) is 11.5 Å². The summed E-state index contributed by atoms with van der Waals surface area (Å²) in [6.07, 6.45) is 1.73. The minimum Gasteiger partial charge on any atom is -0.497 e. The Bertz CT molecular complexity index is 1940. The van der Waals surface area contributed by atoms with E-state index in [0.29, 0.717) is 37.8 Å². The van der Waals surface area contributed by atoms with Crippen LogP contribution in [0.3, 0.4) is 0 Å². The van der Waals surface area contributed by atoms with Crippen LogP contribution in [0.4, 0.5) is 5.69 Å². The molecule has 3 heterocycles. The molecular weight excluding hydrogens is 555 g/mol. The van der Waals surface area contributed by atoms with Crippen LogP contribution in [0.25, 0.3) is 6.08 Å². The van der Waals surface area contributed by atoms with Gasteiger partial charge in [0.05, 0.1) is 29.0 Å². The number of carbonyl (C=O) groups is 1. The number of nitrogens with zero attached hydrogens (tertiary/aromatic N) is 2. The Hall–Kier alpha value is -4.60. The molecule has 41 heavy (non-hydrogen) atoms. The molecule has 0 bridgehead atoms. The summed E-state index contributed by atoms with van der Waals surface area (Å²) in [5, 5.41) is 3.69. The normalized spacial score (nSPS) is 14.9. The maximum absolute atomic E-state index is 13.9. The predicted octanol–water partition coefficient (Wildman–Crippen LogP) is 5.63. The van der Waals surface area contributed by atoms with E-state index in [1.807, 2.05) is 97.1 Å². The summed E-state index contributed by atoms with van der Waals surface area (Å²) in [4.78, 5) is 33.9. The fourth-order valence-corrected chi connectivity index (χ4v) is 6.49. The molecule has 0 saturated heterocycles. The van der Waals surface area contributed by atoms with Crippen molar-refractivity contribution in [2.45, 2.75) is 23.0 Å². The highest BCUT2D eigenvalue weighted by Gasteiger charge is 2.32. The zero-order valence-electron chi connectivity index (χ0n) is 22.2. The van der Waals surface area contributed by atoms with Crippen molar-refractivity contribution in [1.82, 2.24) is 4.57 Å². The zero-order chi connectivity index (χ0) is 28.3. The number of thiazole rings is 1. The van der Waals surface area contributed by atoms with Crippen molar-refractivity contribution in [2.75, 3.05) is 12.4 Å². The first kappa shape index (κ1) is 26.6. The van der Waals surface area contributed by atoms with Crippen LogP contribution >= 0.6 is 23.1 Å². The van der Waals surface area contributed by atoms with Crippen LogP contribution in [0.1, 0.15) is 24.3 Å². The van der Waals surface area contributed by atoms with Crippen molar-refractivity contribution in [1.29, 1.82) is 0 Å². The summed E-state index contributed by atoms with van der Waals surface area (Å²) in [5.41, 5.74) is 2.07. The molecule has 6 rings (SSSR count). The number of carbonyl (C=O) groups excluding carboxylic acids is 1. The first-order valence-electron chi connectivity index (χ1n) is 12.9. The van der Waals surface area contributed by atoms with E-state index in [9.17, 15) is 9.59 Å². The molecule has 0 fully saturated rings. The van der Waals surface area contributed by atoms with E-state index in [1.165, 1.54) is 23.1 Å². The highest BCUT2D eigenvalue weighted by molar-refractivity contribution is 7.99. The summed E-state index contributed by atoms with van der Waals surface area (Å²) in [7, 11) is 1.59. The van der Waals surface area contributed by atoms with Gasteiger partial charge in [0, 0.05) is 16.7 Å². The maximum Gasteiger partial charge on any atom is 0.271 e. The molecule has 0 saturated carbocycles. The van der Waals surface area contributed by atoms with Crippen LogP contribution in [0.15, 0.2) is 133 Å². The van der Waals surface area contributed by atoms with Crippen LogP contribution in [0.2, 0.25) is 0 Å². The van der Waals surface area contributed by atoms with Gasteiger partial charge >= 0.3 is 0 Å². The van der Waals surface area contributed by atoms with Crippen molar-refractivity contribution < 1.29 is 13.9 Å². The van der Waals surface area contributed by atoms with Crippen LogP contribution in [0.5, 0.6) is 5.75 Å². The smallest absolute Gasteiger partial charge is 0.271 e. The number of rotatable bonds is 7. The number of hydrogen-bond donors (Lipinski definition) is 1. The molecule has 7 nitrogen and oxygen atoms in total. The third-order valence-corrected chi connectivity index (χ3v) is 8.46. The van der Waals surface area contributed by atoms with Gasteiger partial charge in [-0.3, -0.25) is 14.2 Å². The molecule has 1 N–H and O–H groups in total. The number of amides is 1. The number of anilines is 1. The molecule has 0 unspecified atom stereocenters. The van der Waals surface area contributed by atoms with Crippen LogP contribution in [-0.2, 0) is 4.79 Å². The fraction of sp³-hybridized carbons (Fsp3) is 0.0938. The molecule has 3 aromatic carbocycles. The highest BCUT2D eigenvalue weighted by Crippen LogP contribution is 2.33. The lowest BCUT2D eigenvalue weighted by molar-refractivity contribution is -0.113. The lowest BCUT2D eigenvalue weighted by atomic mass is 9.95. The van der Waals surface area contributed by atoms with Crippen LogP contribution < -0.4 is 24.9 Å². The van der Waals surface area contributed by atoms with Gasteiger partial charge in [0.1, 0.15) is 11.5 Å². The average molecular weight is 580 g/mol. The van der Waals surface area contributed by atoms with Crippen LogP contribution in [-0.4, -0.2) is 17.6 Å². The van der Waals surface area contributed by atoms with Gasteiger partial charge in [0.2, 0.25) is 0 Å². The molecule has 5 aromatic rings. The van der Waals surface area contributed by atoms with E-state index >= 15 is 0 Å². The Morgan fingerprint density at radius 3 is 2.54 bits per heavy atom. The Balaban J connectivity index is 1.43. The molecule has 1 amide bonds. The largest absolute Gasteiger partial charge is 0.497 e. The Labute approximate surface area is 244 Å². The predicted molar refractivity (Wildman–Crippen MR) is 161 cm³/mol. The summed E-state index contributed by atoms with van der Waals surface area (Å²) >= 11 is 2.77. The quantitative estimate of drug-likeness (QED) is 0.270. The number of para-hydroxylation sites is 1. The number of ether oxygens (including phenoxy) is 1. The van der Waals surface area contributed by atoms with E-state index in [2.05, 4.69) is 5.32 Å². The van der Waals surface area contributed by atoms with E-state index in [1.54, 1.807) is 24.7 Å². The number of furan rings is 1. The molecule has 2 aromatic heterocycles. The van der Waals surface area contributed by atoms with E-state index in [0.717, 1.165) is 15.6 Å². The minimum absolute atomic E-state index is 0.257. The number of methoxy groups -OCH3 is 1. The van der Waals surface area contributed by atoms with Crippen molar-refractivity contribution in [3.05, 3.63) is 139 Å². The van der Waals surface area contributed by atoms with Crippen LogP contribution in [0, 0.1) is 0 Å². The maximum atomic E-state index is 13.9. The summed E-state index contributed by atoms with van der Waals surface area (Å²) in [6.45, 7) is 1.80. The summed E-state index contributed by atoms with van der Waals surface area (Å²) < 4.78 is 13.5. The second-order valence-corrected chi connectivity index (χ2v) is 11.3. The Morgan fingerprint density at radius 2 is 1.78 bits per heavy atom. The average Bonchev–Trinajstić information content (AvgIpc) is 3.56.